The molecule has 1 spiro atoms. The van der Waals surface area contributed by atoms with Gasteiger partial charge in [-0.15, -0.1) is 0 Å². The molecule has 5 unspecified atom stereocenters. The minimum atomic E-state index is -0.683. The minimum Gasteiger partial charge on any atom is -1.00 e. The highest BCUT2D eigenvalue weighted by atomic mass is 35.5. The van der Waals surface area contributed by atoms with Crippen molar-refractivity contribution >= 4 is 23.7 Å². The van der Waals surface area contributed by atoms with Gasteiger partial charge in [-0.3, -0.25) is 14.6 Å². The molecule has 2 aliphatic carbocycles. The van der Waals surface area contributed by atoms with Gasteiger partial charge in [0.2, 0.25) is 5.91 Å². The molecule has 2 bridgehead atoms. The number of methoxy groups -OCH3 is 1. The first-order valence-corrected chi connectivity index (χ1v) is 16.8. The molecule has 0 aromatic heterocycles. The van der Waals surface area contributed by atoms with Crippen LogP contribution >= 0.6 is 0 Å². The maximum absolute atomic E-state index is 13.2. The number of ketones is 1. The van der Waals surface area contributed by atoms with E-state index < -0.39 is 18.2 Å². The van der Waals surface area contributed by atoms with Gasteiger partial charge in [0.05, 0.1) is 38.2 Å². The van der Waals surface area contributed by atoms with Gasteiger partial charge in [-0.2, -0.15) is 0 Å². The third-order valence-electron chi connectivity index (χ3n) is 11.0. The number of nitrogens with zero attached hydrogens (tertiary/aromatic N) is 3. The Bertz CT molecular complexity index is 1600. The first-order valence-electron chi connectivity index (χ1n) is 16.8. The van der Waals surface area contributed by atoms with Crippen molar-refractivity contribution in [3.8, 4) is 17.2 Å². The number of carbonyl (C=O) groups excluding carboxylic acids is 3. The molecule has 13 nitrogen and oxygen atoms in total. The topological polar surface area (TPSA) is 185 Å². The molecule has 2 amide bonds. The minimum absolute atomic E-state index is 0. The number of rotatable bonds is 12. The van der Waals surface area contributed by atoms with Crippen LogP contribution < -0.4 is 49.1 Å². The summed E-state index contributed by atoms with van der Waals surface area (Å²) in [5.41, 5.74) is 19.9. The van der Waals surface area contributed by atoms with Gasteiger partial charge in [0.25, 0.3) is 0 Å². The van der Waals surface area contributed by atoms with Gasteiger partial charge < -0.3 is 58.5 Å². The summed E-state index contributed by atoms with van der Waals surface area (Å²) >= 11 is 0. The van der Waals surface area contributed by atoms with Crippen molar-refractivity contribution in [3.05, 3.63) is 53.1 Å². The maximum atomic E-state index is 13.2. The lowest BCUT2D eigenvalue weighted by molar-refractivity contribution is -0.957. The Morgan fingerprint density at radius 3 is 2.67 bits per heavy atom. The van der Waals surface area contributed by atoms with Crippen molar-refractivity contribution in [2.24, 2.45) is 28.1 Å². The van der Waals surface area contributed by atoms with Crippen LogP contribution in [0.2, 0.25) is 0 Å². The van der Waals surface area contributed by atoms with Crippen molar-refractivity contribution in [1.29, 1.82) is 0 Å². The number of halogens is 1. The maximum Gasteiger partial charge on any atom is 0.415 e. The van der Waals surface area contributed by atoms with Gasteiger partial charge in [-0.05, 0) is 55.2 Å². The lowest BCUT2D eigenvalue weighted by atomic mass is 9.51. The lowest BCUT2D eigenvalue weighted by Crippen LogP contribution is -3.00. The highest BCUT2D eigenvalue weighted by Crippen LogP contribution is 2.64. The van der Waals surface area contributed by atoms with E-state index >= 15 is 0 Å². The number of nitrogens with two attached hydrogens (primary N) is 3. The Morgan fingerprint density at radius 1 is 1.20 bits per heavy atom. The number of Topliss-reactive ketones (excluding diaryl/α,β-unsaturated/α-hetero) is 1. The Kier molecular flexibility index (Phi) is 10.7. The van der Waals surface area contributed by atoms with E-state index in [1.54, 1.807) is 14.2 Å². The third kappa shape index (κ3) is 6.75. The lowest BCUT2D eigenvalue weighted by Gasteiger charge is -2.60. The van der Waals surface area contributed by atoms with E-state index in [2.05, 4.69) is 23.4 Å². The van der Waals surface area contributed by atoms with Gasteiger partial charge in [-0.1, -0.05) is 6.07 Å². The van der Waals surface area contributed by atoms with Crippen LogP contribution in [0.4, 0.5) is 4.79 Å². The standard InChI is InChI=1S/C35H47N7O6.ClH/c1-41(17-16-39-32(44)25(36)5-4-15-40-33(37)38)34(45)47-23-9-6-21(7-10-23)20-42(2)18-14-35-24-11-12-27(43)31(35)48-30-28(46-3)13-8-22(29(30)35)19-26(24)42;/h6-10,13,24-26,31H,4-5,11-12,14-20,36H2,1-3H3,(H4-,37,38,39,40,44);1H/t24?,25-,26?,31?,35?,42?;/m0./s1. The number of guanidine groups is 1. The number of carbonyl (C=O) groups is 3. The number of likely N-dealkylation sites (tertiary alicyclic amines) is 1. The van der Waals surface area contributed by atoms with Crippen molar-refractivity contribution in [2.45, 2.75) is 68.7 Å². The molecule has 49 heavy (non-hydrogen) atoms. The predicted molar refractivity (Wildman–Crippen MR) is 180 cm³/mol. The van der Waals surface area contributed by atoms with Gasteiger partial charge in [-0.25, -0.2) is 4.79 Å². The van der Waals surface area contributed by atoms with Crippen molar-refractivity contribution in [1.82, 2.24) is 10.2 Å². The molecule has 2 fully saturated rings. The zero-order valence-corrected chi connectivity index (χ0v) is 29.2. The second-order valence-electron chi connectivity index (χ2n) is 13.9. The van der Waals surface area contributed by atoms with Crippen LogP contribution in [0, 0.1) is 5.92 Å². The number of ether oxygens (including phenoxy) is 3. The Morgan fingerprint density at radius 2 is 1.96 bits per heavy atom. The van der Waals surface area contributed by atoms with Gasteiger partial charge in [0, 0.05) is 63.0 Å². The number of amides is 2. The number of piperidine rings is 1. The molecule has 266 valence electrons. The first kappa shape index (κ1) is 36.2. The zero-order chi connectivity index (χ0) is 34.2. The SMILES string of the molecule is COc1ccc2c3c1OC1C(=O)CCC4C(C2)[N+](C)(Cc2ccc(OC(=O)N(C)CCNC(=O)[C@@H](N)CCCN=C(N)N)cc2)CCC314.[Cl-]. The number of aliphatic imine (C=N–C) groups is 1. The number of likely N-dealkylation sites (N-methyl/N-ethyl adjacent to an activating group) is 2. The highest BCUT2D eigenvalue weighted by Gasteiger charge is 2.69. The molecule has 7 N–H and O–H groups in total. The molecule has 4 aliphatic rings. The number of quaternary nitrogens is 1. The summed E-state index contributed by atoms with van der Waals surface area (Å²) in [6, 6.07) is 11.5. The number of hydrogen-bond donors (Lipinski definition) is 4. The van der Waals surface area contributed by atoms with Crippen LogP contribution in [0.25, 0.3) is 0 Å². The molecule has 2 heterocycles. The van der Waals surface area contributed by atoms with E-state index in [0.29, 0.717) is 43.5 Å². The molecule has 2 aromatic rings. The molecule has 6 atom stereocenters. The average Bonchev–Trinajstić information content (AvgIpc) is 3.42. The van der Waals surface area contributed by atoms with Gasteiger partial charge in [0.15, 0.2) is 29.3 Å². The van der Waals surface area contributed by atoms with E-state index in [0.717, 1.165) is 53.9 Å². The molecular formula is C35H48ClN7O6. The van der Waals surface area contributed by atoms with Crippen molar-refractivity contribution < 1.29 is 45.5 Å². The van der Waals surface area contributed by atoms with E-state index in [4.69, 9.17) is 31.4 Å². The second-order valence-corrected chi connectivity index (χ2v) is 13.9. The zero-order valence-electron chi connectivity index (χ0n) is 28.5. The quantitative estimate of drug-likeness (QED) is 0.0895. The van der Waals surface area contributed by atoms with Gasteiger partial charge in [0.1, 0.15) is 12.3 Å². The summed E-state index contributed by atoms with van der Waals surface area (Å²) in [7, 11) is 5.62. The van der Waals surface area contributed by atoms with E-state index in [9.17, 15) is 14.4 Å². The normalized spacial score (nSPS) is 26.3. The molecule has 2 aliphatic heterocycles. The summed E-state index contributed by atoms with van der Waals surface area (Å²) in [4.78, 5) is 43.5. The predicted octanol–water partition coefficient (Wildman–Crippen LogP) is -1.42. The molecular weight excluding hydrogens is 650 g/mol. The fourth-order valence-corrected chi connectivity index (χ4v) is 8.62. The van der Waals surface area contributed by atoms with Crippen molar-refractivity contribution in [3.63, 3.8) is 0 Å². The summed E-state index contributed by atoms with van der Waals surface area (Å²) in [5, 5.41) is 2.75. The fourth-order valence-electron chi connectivity index (χ4n) is 8.62. The Labute approximate surface area is 293 Å². The van der Waals surface area contributed by atoms with Crippen LogP contribution in [-0.4, -0.2) is 98.7 Å². The molecule has 6 rings (SSSR count). The van der Waals surface area contributed by atoms with Crippen LogP contribution in [-0.2, 0) is 28.0 Å². The monoisotopic (exact) mass is 697 g/mol. The summed E-state index contributed by atoms with van der Waals surface area (Å²) in [5.74, 6) is 2.23. The van der Waals surface area contributed by atoms with Crippen molar-refractivity contribution in [2.75, 3.05) is 47.4 Å². The largest absolute Gasteiger partial charge is 1.00 e. The van der Waals surface area contributed by atoms with Crippen LogP contribution in [0.15, 0.2) is 41.4 Å². The first-order chi connectivity index (χ1) is 23.0. The van der Waals surface area contributed by atoms with E-state index in [1.165, 1.54) is 16.0 Å². The third-order valence-corrected chi connectivity index (χ3v) is 11.0. The smallest absolute Gasteiger partial charge is 0.415 e. The van der Waals surface area contributed by atoms with Gasteiger partial charge >= 0.3 is 6.09 Å². The molecule has 2 aromatic carbocycles. The van der Waals surface area contributed by atoms with E-state index in [1.807, 2.05) is 30.3 Å². The summed E-state index contributed by atoms with van der Waals surface area (Å²) in [6.45, 7) is 2.68. The highest BCUT2D eigenvalue weighted by molar-refractivity contribution is 5.89. The van der Waals surface area contributed by atoms with Crippen LogP contribution in [0.1, 0.15) is 48.8 Å². The summed E-state index contributed by atoms with van der Waals surface area (Å²) in [6.07, 6.45) is 3.35. The van der Waals surface area contributed by atoms with E-state index in [-0.39, 0.29) is 48.6 Å². The fraction of sp³-hybridized carbons (Fsp3) is 0.543. The number of nitrogens with one attached hydrogen (secondary N) is 1. The molecule has 14 heteroatoms. The molecule has 0 radical (unpaired) electrons. The molecule has 1 saturated carbocycles. The Hall–Kier alpha value is -4.07. The average molecular weight is 698 g/mol. The van der Waals surface area contributed by atoms with Crippen LogP contribution in [0.3, 0.4) is 0 Å². The number of benzene rings is 2. The summed E-state index contributed by atoms with van der Waals surface area (Å²) < 4.78 is 18.6. The van der Waals surface area contributed by atoms with Crippen LogP contribution in [0.5, 0.6) is 17.2 Å². The second kappa shape index (κ2) is 14.4. The molecule has 1 saturated heterocycles. The Balaban J connectivity index is 0.00000468. The number of hydrogen-bond acceptors (Lipinski definition) is 8.